The molecule has 25 heavy (non-hydrogen) atoms. The molecule has 136 valence electrons. The number of rotatable bonds is 4. The van der Waals surface area contributed by atoms with E-state index in [-0.39, 0.29) is 17.1 Å². The lowest BCUT2D eigenvalue weighted by Gasteiger charge is -2.38. The lowest BCUT2D eigenvalue weighted by Crippen LogP contribution is -2.43. The minimum absolute atomic E-state index is 0.193. The van der Waals surface area contributed by atoms with Gasteiger partial charge in [-0.25, -0.2) is 4.79 Å². The Morgan fingerprint density at radius 1 is 1.24 bits per heavy atom. The molecule has 1 aliphatic rings. The van der Waals surface area contributed by atoms with Crippen LogP contribution in [0.5, 0.6) is 0 Å². The van der Waals surface area contributed by atoms with Crippen LogP contribution in [0.2, 0.25) is 18.1 Å². The molecule has 1 saturated carbocycles. The van der Waals surface area contributed by atoms with Gasteiger partial charge in [0.05, 0.1) is 5.56 Å². The molecule has 1 aliphatic carbocycles. The SMILES string of the molecule is CC(C)(C)[Si](C)(C)O[C@@H]1CC[C@H](c2[nH]c3ccccc3c2C(=O)O)C1. The van der Waals surface area contributed by atoms with Crippen LogP contribution in [0.4, 0.5) is 0 Å². The van der Waals surface area contributed by atoms with Gasteiger partial charge < -0.3 is 14.5 Å². The van der Waals surface area contributed by atoms with E-state index in [1.165, 1.54) is 0 Å². The number of fused-ring (bicyclic) bond motifs is 1. The molecular weight excluding hydrogens is 330 g/mol. The highest BCUT2D eigenvalue weighted by molar-refractivity contribution is 6.74. The van der Waals surface area contributed by atoms with Crippen molar-refractivity contribution in [3.05, 3.63) is 35.5 Å². The molecule has 0 spiro atoms. The van der Waals surface area contributed by atoms with Gasteiger partial charge in [0.1, 0.15) is 0 Å². The van der Waals surface area contributed by atoms with Crippen molar-refractivity contribution in [2.75, 3.05) is 0 Å². The summed E-state index contributed by atoms with van der Waals surface area (Å²) in [7, 11) is -1.79. The largest absolute Gasteiger partial charge is 0.478 e. The summed E-state index contributed by atoms with van der Waals surface area (Å²) in [6.07, 6.45) is 3.12. The second kappa shape index (κ2) is 6.29. The summed E-state index contributed by atoms with van der Waals surface area (Å²) in [6, 6.07) is 7.66. The Morgan fingerprint density at radius 3 is 2.56 bits per heavy atom. The number of benzene rings is 1. The van der Waals surface area contributed by atoms with Gasteiger partial charge in [-0.1, -0.05) is 39.0 Å². The van der Waals surface area contributed by atoms with Crippen LogP contribution < -0.4 is 0 Å². The van der Waals surface area contributed by atoms with Gasteiger partial charge in [-0.15, -0.1) is 0 Å². The fraction of sp³-hybridized carbons (Fsp3) is 0.550. The van der Waals surface area contributed by atoms with Crippen molar-refractivity contribution in [1.29, 1.82) is 0 Å². The van der Waals surface area contributed by atoms with Crippen molar-refractivity contribution in [3.63, 3.8) is 0 Å². The van der Waals surface area contributed by atoms with Crippen LogP contribution in [0.3, 0.4) is 0 Å². The van der Waals surface area contributed by atoms with Crippen LogP contribution in [-0.2, 0) is 4.43 Å². The van der Waals surface area contributed by atoms with Crippen LogP contribution in [0.1, 0.15) is 62.0 Å². The smallest absolute Gasteiger partial charge is 0.338 e. The molecule has 3 rings (SSSR count). The van der Waals surface area contributed by atoms with E-state index < -0.39 is 14.3 Å². The molecule has 2 atom stereocenters. The number of hydrogen-bond acceptors (Lipinski definition) is 2. The van der Waals surface area contributed by atoms with Crippen molar-refractivity contribution < 1.29 is 14.3 Å². The molecule has 0 bridgehead atoms. The van der Waals surface area contributed by atoms with Crippen LogP contribution in [-0.4, -0.2) is 30.5 Å². The molecule has 1 aromatic carbocycles. The second-order valence-corrected chi connectivity index (χ2v) is 13.5. The first kappa shape index (κ1) is 18.2. The summed E-state index contributed by atoms with van der Waals surface area (Å²) in [5.74, 6) is -0.616. The van der Waals surface area contributed by atoms with Crippen molar-refractivity contribution in [2.24, 2.45) is 0 Å². The minimum Gasteiger partial charge on any atom is -0.478 e. The van der Waals surface area contributed by atoms with Gasteiger partial charge in [0.15, 0.2) is 8.32 Å². The number of aromatic amines is 1. The Balaban J connectivity index is 1.84. The van der Waals surface area contributed by atoms with Gasteiger partial charge in [0.25, 0.3) is 0 Å². The van der Waals surface area contributed by atoms with E-state index in [0.717, 1.165) is 35.9 Å². The minimum atomic E-state index is -1.79. The van der Waals surface area contributed by atoms with Gasteiger partial charge in [0.2, 0.25) is 0 Å². The maximum absolute atomic E-state index is 11.9. The number of nitrogens with one attached hydrogen (secondary N) is 1. The third-order valence-corrected chi connectivity index (χ3v) is 10.5. The zero-order chi connectivity index (χ0) is 18.4. The normalized spacial score (nSPS) is 21.8. The quantitative estimate of drug-likeness (QED) is 0.706. The molecule has 0 radical (unpaired) electrons. The molecule has 0 unspecified atom stereocenters. The highest BCUT2D eigenvalue weighted by Gasteiger charge is 2.41. The van der Waals surface area contributed by atoms with E-state index in [1.54, 1.807) is 0 Å². The van der Waals surface area contributed by atoms with Gasteiger partial charge >= 0.3 is 5.97 Å². The molecule has 0 aliphatic heterocycles. The zero-order valence-corrected chi connectivity index (χ0v) is 16.8. The third kappa shape index (κ3) is 3.40. The second-order valence-electron chi connectivity index (χ2n) is 8.77. The molecule has 2 aromatic rings. The standard InChI is InChI=1S/C20H29NO3Si/c1-20(2,3)25(4,5)24-14-11-10-13(12-14)18-17(19(22)23)15-8-6-7-9-16(15)21-18/h6-9,13-14,21H,10-12H2,1-5H3,(H,22,23)/t13-,14+/m0/s1. The molecule has 1 fully saturated rings. The molecule has 2 N–H and O–H groups in total. The van der Waals surface area contributed by atoms with E-state index in [1.807, 2.05) is 24.3 Å². The highest BCUT2D eigenvalue weighted by Crippen LogP contribution is 2.43. The van der Waals surface area contributed by atoms with E-state index in [4.69, 9.17) is 4.43 Å². The number of carboxylic acid groups (broad SMARTS) is 1. The molecule has 4 nitrogen and oxygen atoms in total. The van der Waals surface area contributed by atoms with Gasteiger partial charge in [-0.3, -0.25) is 0 Å². The number of carboxylic acids is 1. The molecule has 5 heteroatoms. The lowest BCUT2D eigenvalue weighted by atomic mass is 9.99. The zero-order valence-electron chi connectivity index (χ0n) is 15.8. The number of aromatic carboxylic acids is 1. The molecule has 0 saturated heterocycles. The summed E-state index contributed by atoms with van der Waals surface area (Å²) in [5, 5.41) is 10.7. The molecule has 1 heterocycles. The Hall–Kier alpha value is -1.59. The maximum Gasteiger partial charge on any atom is 0.338 e. The summed E-state index contributed by atoms with van der Waals surface area (Å²) >= 11 is 0. The average molecular weight is 360 g/mol. The number of para-hydroxylation sites is 1. The molecular formula is C20H29NO3Si. The fourth-order valence-electron chi connectivity index (χ4n) is 3.60. The van der Waals surface area contributed by atoms with Crippen LogP contribution in [0.25, 0.3) is 10.9 Å². The Bertz CT molecular complexity index is 788. The lowest BCUT2D eigenvalue weighted by molar-refractivity contribution is 0.0697. The summed E-state index contributed by atoms with van der Waals surface area (Å²) in [4.78, 5) is 15.2. The van der Waals surface area contributed by atoms with Crippen molar-refractivity contribution in [1.82, 2.24) is 4.98 Å². The predicted molar refractivity (Wildman–Crippen MR) is 104 cm³/mol. The van der Waals surface area contributed by atoms with Crippen molar-refractivity contribution in [3.8, 4) is 0 Å². The number of carbonyl (C=O) groups is 1. The average Bonchev–Trinajstić information content (AvgIpc) is 3.08. The van der Waals surface area contributed by atoms with E-state index in [9.17, 15) is 9.90 Å². The van der Waals surface area contributed by atoms with Crippen LogP contribution >= 0.6 is 0 Å². The van der Waals surface area contributed by atoms with E-state index in [2.05, 4.69) is 38.8 Å². The van der Waals surface area contributed by atoms with Crippen LogP contribution in [0, 0.1) is 0 Å². The molecule has 1 aromatic heterocycles. The van der Waals surface area contributed by atoms with E-state index in [0.29, 0.717) is 5.56 Å². The van der Waals surface area contributed by atoms with Crippen LogP contribution in [0.15, 0.2) is 24.3 Å². The van der Waals surface area contributed by atoms with E-state index >= 15 is 0 Å². The van der Waals surface area contributed by atoms with Crippen molar-refractivity contribution >= 4 is 25.2 Å². The van der Waals surface area contributed by atoms with Gasteiger partial charge in [0, 0.05) is 28.6 Å². The first-order chi connectivity index (χ1) is 11.6. The Morgan fingerprint density at radius 2 is 1.92 bits per heavy atom. The highest BCUT2D eigenvalue weighted by atomic mass is 28.4. The third-order valence-electron chi connectivity index (χ3n) is 6.01. The van der Waals surface area contributed by atoms with Gasteiger partial charge in [-0.05, 0) is 43.5 Å². The number of hydrogen-bond donors (Lipinski definition) is 2. The Kier molecular flexibility index (Phi) is 4.58. The summed E-state index contributed by atoms with van der Waals surface area (Å²) < 4.78 is 6.57. The predicted octanol–water partition coefficient (Wildman–Crippen LogP) is 5.52. The number of H-pyrrole nitrogens is 1. The van der Waals surface area contributed by atoms with Gasteiger partial charge in [-0.2, -0.15) is 0 Å². The molecule has 0 amide bonds. The summed E-state index contributed by atoms with van der Waals surface area (Å²) in [5.41, 5.74) is 2.22. The monoisotopic (exact) mass is 359 g/mol. The fourth-order valence-corrected chi connectivity index (χ4v) is 5.00. The summed E-state index contributed by atoms with van der Waals surface area (Å²) in [6.45, 7) is 11.3. The first-order valence-electron chi connectivity index (χ1n) is 9.12. The first-order valence-corrected chi connectivity index (χ1v) is 12.0. The maximum atomic E-state index is 11.9. The Labute approximate surface area is 150 Å². The van der Waals surface area contributed by atoms with Crippen molar-refractivity contribution in [2.45, 2.75) is 70.2 Å². The number of aromatic nitrogens is 1. The topological polar surface area (TPSA) is 62.3 Å².